The molecule has 2 aromatic rings. The van der Waals surface area contributed by atoms with Gasteiger partial charge in [0.1, 0.15) is 0 Å². The van der Waals surface area contributed by atoms with E-state index in [0.717, 1.165) is 42.0 Å². The van der Waals surface area contributed by atoms with E-state index < -0.39 is 0 Å². The Morgan fingerprint density at radius 2 is 1.77 bits per heavy atom. The Kier molecular flexibility index (Phi) is 6.18. The Morgan fingerprint density at radius 1 is 1.03 bits per heavy atom. The maximum atomic E-state index is 12.8. The Bertz CT molecular complexity index is 934. The van der Waals surface area contributed by atoms with E-state index in [9.17, 15) is 9.59 Å². The van der Waals surface area contributed by atoms with Crippen LogP contribution in [0.25, 0.3) is 0 Å². The van der Waals surface area contributed by atoms with E-state index >= 15 is 0 Å². The maximum absolute atomic E-state index is 12.8. The van der Waals surface area contributed by atoms with E-state index in [1.807, 2.05) is 38.1 Å². The second-order valence-electron chi connectivity index (χ2n) is 8.59. The van der Waals surface area contributed by atoms with Gasteiger partial charge in [-0.05, 0) is 68.1 Å². The van der Waals surface area contributed by atoms with Crippen molar-refractivity contribution in [2.75, 3.05) is 24.5 Å². The standard InChI is InChI=1S/C25H31N3O2/c1-18-8-7-11-23(19(18)2)28-17-22(14-24(28)29)25(30)26-15-20-9-3-4-10-21(20)16-27-12-5-6-13-27/h3-4,7-11,22H,5-6,12-17H2,1-2H3,(H,26,30). The first kappa shape index (κ1) is 20.6. The number of amides is 2. The zero-order chi connectivity index (χ0) is 21.1. The Labute approximate surface area is 179 Å². The third kappa shape index (κ3) is 4.41. The minimum atomic E-state index is -0.303. The van der Waals surface area contributed by atoms with Crippen LogP contribution in [0.1, 0.15) is 41.5 Å². The number of hydrogen-bond acceptors (Lipinski definition) is 3. The van der Waals surface area contributed by atoms with Crippen LogP contribution in [-0.4, -0.2) is 36.3 Å². The lowest BCUT2D eigenvalue weighted by atomic mass is 10.1. The molecule has 5 heteroatoms. The van der Waals surface area contributed by atoms with Gasteiger partial charge in [0.15, 0.2) is 0 Å². The average molecular weight is 406 g/mol. The molecule has 2 fully saturated rings. The highest BCUT2D eigenvalue weighted by Crippen LogP contribution is 2.29. The molecule has 2 amide bonds. The van der Waals surface area contributed by atoms with Gasteiger partial charge in [0, 0.05) is 31.7 Å². The maximum Gasteiger partial charge on any atom is 0.227 e. The summed E-state index contributed by atoms with van der Waals surface area (Å²) in [6.07, 6.45) is 2.81. The summed E-state index contributed by atoms with van der Waals surface area (Å²) in [6.45, 7) is 8.28. The van der Waals surface area contributed by atoms with Crippen LogP contribution in [0.4, 0.5) is 5.69 Å². The summed E-state index contributed by atoms with van der Waals surface area (Å²) in [5, 5.41) is 3.09. The van der Waals surface area contributed by atoms with Gasteiger partial charge in [-0.2, -0.15) is 0 Å². The SMILES string of the molecule is Cc1cccc(N2CC(C(=O)NCc3ccccc3CN3CCCC3)CC2=O)c1C. The third-order valence-electron chi connectivity index (χ3n) is 6.53. The van der Waals surface area contributed by atoms with Gasteiger partial charge in [-0.25, -0.2) is 0 Å². The predicted molar refractivity (Wildman–Crippen MR) is 119 cm³/mol. The number of aryl methyl sites for hydroxylation is 1. The van der Waals surface area contributed by atoms with Crippen LogP contribution in [0, 0.1) is 19.8 Å². The molecule has 2 aliphatic heterocycles. The molecule has 5 nitrogen and oxygen atoms in total. The first-order chi connectivity index (χ1) is 14.5. The van der Waals surface area contributed by atoms with Crippen molar-refractivity contribution in [1.29, 1.82) is 0 Å². The number of rotatable bonds is 6. The molecular weight excluding hydrogens is 374 g/mol. The van der Waals surface area contributed by atoms with Crippen molar-refractivity contribution in [1.82, 2.24) is 10.2 Å². The summed E-state index contributed by atoms with van der Waals surface area (Å²) in [7, 11) is 0. The van der Waals surface area contributed by atoms with Crippen LogP contribution in [0.3, 0.4) is 0 Å². The highest BCUT2D eigenvalue weighted by atomic mass is 16.2. The minimum absolute atomic E-state index is 0.0262. The highest BCUT2D eigenvalue weighted by Gasteiger charge is 2.35. The molecule has 1 N–H and O–H groups in total. The van der Waals surface area contributed by atoms with E-state index in [-0.39, 0.29) is 24.2 Å². The van der Waals surface area contributed by atoms with Crippen LogP contribution in [0.5, 0.6) is 0 Å². The summed E-state index contributed by atoms with van der Waals surface area (Å²) in [5.74, 6) is -0.312. The summed E-state index contributed by atoms with van der Waals surface area (Å²) in [4.78, 5) is 29.7. The Morgan fingerprint density at radius 3 is 2.53 bits per heavy atom. The largest absolute Gasteiger partial charge is 0.352 e. The van der Waals surface area contributed by atoms with Crippen LogP contribution >= 0.6 is 0 Å². The number of anilines is 1. The highest BCUT2D eigenvalue weighted by molar-refractivity contribution is 6.00. The average Bonchev–Trinajstić information content (AvgIpc) is 3.39. The van der Waals surface area contributed by atoms with Gasteiger partial charge in [-0.15, -0.1) is 0 Å². The summed E-state index contributed by atoms with van der Waals surface area (Å²) >= 11 is 0. The van der Waals surface area contributed by atoms with E-state index in [0.29, 0.717) is 13.1 Å². The number of nitrogens with one attached hydrogen (secondary N) is 1. The second kappa shape index (κ2) is 9.00. The number of likely N-dealkylation sites (tertiary alicyclic amines) is 1. The molecule has 0 saturated carbocycles. The Hall–Kier alpha value is -2.66. The molecule has 1 unspecified atom stereocenters. The first-order valence-electron chi connectivity index (χ1n) is 11.0. The number of carbonyl (C=O) groups is 2. The van der Waals surface area contributed by atoms with Gasteiger partial charge in [0.2, 0.25) is 11.8 Å². The molecule has 2 aliphatic rings. The molecule has 0 radical (unpaired) electrons. The second-order valence-corrected chi connectivity index (χ2v) is 8.59. The lowest BCUT2D eigenvalue weighted by molar-refractivity contribution is -0.126. The van der Waals surface area contributed by atoms with Crippen molar-refractivity contribution in [3.8, 4) is 0 Å². The van der Waals surface area contributed by atoms with Crippen molar-refractivity contribution >= 4 is 17.5 Å². The fourth-order valence-electron chi connectivity index (χ4n) is 4.54. The summed E-state index contributed by atoms with van der Waals surface area (Å²) < 4.78 is 0. The van der Waals surface area contributed by atoms with Gasteiger partial charge in [-0.3, -0.25) is 14.5 Å². The number of nitrogens with zero attached hydrogens (tertiary/aromatic N) is 2. The molecular formula is C25H31N3O2. The molecule has 2 aromatic carbocycles. The molecule has 0 bridgehead atoms. The molecule has 2 heterocycles. The molecule has 2 saturated heterocycles. The fourth-order valence-corrected chi connectivity index (χ4v) is 4.54. The molecule has 0 aromatic heterocycles. The molecule has 0 spiro atoms. The smallest absolute Gasteiger partial charge is 0.227 e. The predicted octanol–water partition coefficient (Wildman–Crippen LogP) is 3.57. The van der Waals surface area contributed by atoms with E-state index in [1.54, 1.807) is 4.90 Å². The van der Waals surface area contributed by atoms with E-state index in [2.05, 4.69) is 28.4 Å². The van der Waals surface area contributed by atoms with Crippen LogP contribution in [-0.2, 0) is 22.7 Å². The number of benzene rings is 2. The van der Waals surface area contributed by atoms with Gasteiger partial charge in [0.25, 0.3) is 0 Å². The lowest BCUT2D eigenvalue weighted by Crippen LogP contribution is -2.33. The minimum Gasteiger partial charge on any atom is -0.352 e. The van der Waals surface area contributed by atoms with Crippen LogP contribution in [0.15, 0.2) is 42.5 Å². The number of hydrogen-bond donors (Lipinski definition) is 1. The fraction of sp³-hybridized carbons (Fsp3) is 0.440. The molecule has 1 atom stereocenters. The van der Waals surface area contributed by atoms with Crippen LogP contribution < -0.4 is 10.2 Å². The molecule has 4 rings (SSSR count). The lowest BCUT2D eigenvalue weighted by Gasteiger charge is -2.20. The van der Waals surface area contributed by atoms with Gasteiger partial charge >= 0.3 is 0 Å². The van der Waals surface area contributed by atoms with Crippen LogP contribution in [0.2, 0.25) is 0 Å². The van der Waals surface area contributed by atoms with E-state index in [4.69, 9.17) is 0 Å². The topological polar surface area (TPSA) is 52.7 Å². The van der Waals surface area contributed by atoms with Gasteiger partial charge in [-0.1, -0.05) is 36.4 Å². The van der Waals surface area contributed by atoms with Crippen molar-refractivity contribution in [3.63, 3.8) is 0 Å². The van der Waals surface area contributed by atoms with Gasteiger partial charge in [0.05, 0.1) is 5.92 Å². The third-order valence-corrected chi connectivity index (χ3v) is 6.53. The van der Waals surface area contributed by atoms with E-state index in [1.165, 1.54) is 18.4 Å². The van der Waals surface area contributed by atoms with Crippen molar-refractivity contribution < 1.29 is 9.59 Å². The zero-order valence-corrected chi connectivity index (χ0v) is 18.0. The molecule has 30 heavy (non-hydrogen) atoms. The summed E-state index contributed by atoms with van der Waals surface area (Å²) in [5.41, 5.74) is 5.62. The van der Waals surface area contributed by atoms with Gasteiger partial charge < -0.3 is 10.2 Å². The number of carbonyl (C=O) groups excluding carboxylic acids is 2. The van der Waals surface area contributed by atoms with Crippen molar-refractivity contribution in [2.45, 2.75) is 46.2 Å². The monoisotopic (exact) mass is 405 g/mol. The quantitative estimate of drug-likeness (QED) is 0.799. The molecule has 0 aliphatic carbocycles. The first-order valence-corrected chi connectivity index (χ1v) is 11.0. The zero-order valence-electron chi connectivity index (χ0n) is 18.0. The normalized spacial score (nSPS) is 19.5. The van der Waals surface area contributed by atoms with Crippen molar-refractivity contribution in [3.05, 3.63) is 64.7 Å². The molecule has 158 valence electrons. The summed E-state index contributed by atoms with van der Waals surface area (Å²) in [6, 6.07) is 14.3. The van der Waals surface area contributed by atoms with Crippen molar-refractivity contribution in [2.24, 2.45) is 5.92 Å². The Balaban J connectivity index is 1.38.